The van der Waals surface area contributed by atoms with Crippen LogP contribution in [0.3, 0.4) is 0 Å². The Morgan fingerprint density at radius 3 is 2.54 bits per heavy atom. The second-order valence-corrected chi connectivity index (χ2v) is 3.74. The summed E-state index contributed by atoms with van der Waals surface area (Å²) in [5.41, 5.74) is 2.77. The highest BCUT2D eigenvalue weighted by Gasteiger charge is 2.06. The fourth-order valence-corrected chi connectivity index (χ4v) is 1.76. The Morgan fingerprint density at radius 1 is 1.15 bits per heavy atom. The molecule has 2 rings (SSSR count). The minimum atomic E-state index is 0.812. The van der Waals surface area contributed by atoms with E-state index in [1.54, 1.807) is 0 Å². The van der Waals surface area contributed by atoms with Gasteiger partial charge in [0.25, 0.3) is 0 Å². The Morgan fingerprint density at radius 2 is 1.92 bits per heavy atom. The maximum atomic E-state index is 5.82. The number of nitrogens with two attached hydrogens (primary N) is 1. The van der Waals surface area contributed by atoms with Crippen molar-refractivity contribution in [2.75, 3.05) is 13.1 Å². The van der Waals surface area contributed by atoms with Crippen molar-refractivity contribution in [1.82, 2.24) is 0 Å². The monoisotopic (exact) mass is 194 g/mol. The normalized spacial score (nSPS) is 16.8. The van der Waals surface area contributed by atoms with Crippen LogP contribution in [-0.2, 0) is 0 Å². The van der Waals surface area contributed by atoms with Crippen LogP contribution in [0, 0.1) is 0 Å². The molecule has 0 unspecified atom stereocenters. The van der Waals surface area contributed by atoms with Gasteiger partial charge in [-0.15, -0.1) is 0 Å². The van der Waals surface area contributed by atoms with Gasteiger partial charge in [0.1, 0.15) is 0 Å². The van der Waals surface area contributed by atoms with Crippen LogP contribution < -0.4 is 5.32 Å². The molecule has 0 radical (unpaired) electrons. The zero-order valence-corrected chi connectivity index (χ0v) is 8.22. The van der Waals surface area contributed by atoms with Crippen LogP contribution >= 0.6 is 11.6 Å². The largest absolute Gasteiger partial charge is 0.343 e. The number of benzene rings is 1. The second-order valence-electron chi connectivity index (χ2n) is 3.30. The third kappa shape index (κ3) is 2.11. The molecule has 0 spiro atoms. The molecule has 68 valence electrons. The Bertz CT molecular complexity index is 313. The van der Waals surface area contributed by atoms with Crippen molar-refractivity contribution in [2.24, 2.45) is 0 Å². The summed E-state index contributed by atoms with van der Waals surface area (Å²) in [6.07, 6.45) is 3.47. The summed E-state index contributed by atoms with van der Waals surface area (Å²) in [5.74, 6) is 0. The first-order valence-corrected chi connectivity index (χ1v) is 5.01. The fourth-order valence-electron chi connectivity index (χ4n) is 1.63. The van der Waals surface area contributed by atoms with Crippen molar-refractivity contribution in [3.05, 3.63) is 40.9 Å². The van der Waals surface area contributed by atoms with E-state index in [2.05, 4.69) is 23.5 Å². The van der Waals surface area contributed by atoms with Gasteiger partial charge >= 0.3 is 0 Å². The molecule has 0 atom stereocenters. The van der Waals surface area contributed by atoms with Crippen LogP contribution in [0.15, 0.2) is 30.3 Å². The first kappa shape index (κ1) is 8.79. The summed E-state index contributed by atoms with van der Waals surface area (Å²) in [6, 6.07) is 8.10. The van der Waals surface area contributed by atoms with E-state index in [1.165, 1.54) is 24.1 Å². The molecule has 1 nitrogen and oxygen atoms in total. The van der Waals surface area contributed by atoms with Gasteiger partial charge in [0.2, 0.25) is 0 Å². The third-order valence-corrected chi connectivity index (χ3v) is 2.62. The third-order valence-electron chi connectivity index (χ3n) is 2.36. The van der Waals surface area contributed by atoms with Crippen molar-refractivity contribution in [2.45, 2.75) is 6.42 Å². The predicted octanol–water partition coefficient (Wildman–Crippen LogP) is 1.69. The van der Waals surface area contributed by atoms with Crippen molar-refractivity contribution in [3.8, 4) is 0 Å². The Labute approximate surface area is 83.4 Å². The number of rotatable bonds is 1. The SMILES string of the molecule is Clc1ccc(C2=CC[NH2+]CC2)cc1. The minimum absolute atomic E-state index is 0.812. The van der Waals surface area contributed by atoms with E-state index in [1.807, 2.05) is 12.1 Å². The number of halogens is 1. The lowest BCUT2D eigenvalue weighted by atomic mass is 10.0. The lowest BCUT2D eigenvalue weighted by Gasteiger charge is -2.11. The van der Waals surface area contributed by atoms with Gasteiger partial charge < -0.3 is 5.32 Å². The standard InChI is InChI=1S/C11H12ClN/c12-11-3-1-9(2-4-11)10-5-7-13-8-6-10/h1-5,13H,6-8H2/p+1. The van der Waals surface area contributed by atoms with Gasteiger partial charge in [0, 0.05) is 11.4 Å². The molecule has 1 aliphatic heterocycles. The molecule has 2 heteroatoms. The van der Waals surface area contributed by atoms with Crippen LogP contribution in [0.25, 0.3) is 5.57 Å². The molecule has 0 saturated heterocycles. The lowest BCUT2D eigenvalue weighted by molar-refractivity contribution is -0.646. The highest BCUT2D eigenvalue weighted by Crippen LogP contribution is 2.20. The molecule has 0 bridgehead atoms. The van der Waals surface area contributed by atoms with Gasteiger partial charge in [-0.2, -0.15) is 0 Å². The van der Waals surface area contributed by atoms with Gasteiger partial charge in [0.05, 0.1) is 13.1 Å². The van der Waals surface area contributed by atoms with Gasteiger partial charge in [-0.05, 0) is 29.3 Å². The number of hydrogen-bond donors (Lipinski definition) is 1. The average molecular weight is 195 g/mol. The summed E-state index contributed by atoms with van der Waals surface area (Å²) >= 11 is 5.82. The summed E-state index contributed by atoms with van der Waals surface area (Å²) in [7, 11) is 0. The zero-order chi connectivity index (χ0) is 9.10. The number of hydrogen-bond acceptors (Lipinski definition) is 0. The molecule has 1 aliphatic rings. The van der Waals surface area contributed by atoms with Gasteiger partial charge in [0.15, 0.2) is 0 Å². The van der Waals surface area contributed by atoms with Crippen LogP contribution in [0.4, 0.5) is 0 Å². The molecule has 2 N–H and O–H groups in total. The molecule has 0 aromatic heterocycles. The topological polar surface area (TPSA) is 16.6 Å². The van der Waals surface area contributed by atoms with Gasteiger partial charge in [-0.3, -0.25) is 0 Å². The van der Waals surface area contributed by atoms with Crippen LogP contribution in [-0.4, -0.2) is 13.1 Å². The second kappa shape index (κ2) is 3.95. The van der Waals surface area contributed by atoms with Crippen LogP contribution in [0.1, 0.15) is 12.0 Å². The molecular formula is C11H13ClN+. The fraction of sp³-hybridized carbons (Fsp3) is 0.273. The minimum Gasteiger partial charge on any atom is -0.343 e. The zero-order valence-electron chi connectivity index (χ0n) is 7.46. The summed E-state index contributed by atoms with van der Waals surface area (Å²) < 4.78 is 0. The molecule has 0 saturated carbocycles. The molecule has 1 aromatic rings. The maximum Gasteiger partial charge on any atom is 0.0948 e. The molecule has 1 aromatic carbocycles. The van der Waals surface area contributed by atoms with E-state index in [0.717, 1.165) is 11.6 Å². The van der Waals surface area contributed by atoms with E-state index in [-0.39, 0.29) is 0 Å². The van der Waals surface area contributed by atoms with E-state index in [0.29, 0.717) is 0 Å². The summed E-state index contributed by atoms with van der Waals surface area (Å²) in [5, 5.41) is 3.13. The molecular weight excluding hydrogens is 182 g/mol. The average Bonchev–Trinajstić information content (AvgIpc) is 2.20. The smallest absolute Gasteiger partial charge is 0.0948 e. The molecule has 0 fully saturated rings. The van der Waals surface area contributed by atoms with Gasteiger partial charge in [-0.1, -0.05) is 23.7 Å². The first-order valence-electron chi connectivity index (χ1n) is 4.63. The summed E-state index contributed by atoms with van der Waals surface area (Å²) in [4.78, 5) is 0. The molecule has 13 heavy (non-hydrogen) atoms. The Hall–Kier alpha value is -0.790. The van der Waals surface area contributed by atoms with Crippen molar-refractivity contribution >= 4 is 17.2 Å². The Kier molecular flexibility index (Phi) is 2.67. The lowest BCUT2D eigenvalue weighted by Crippen LogP contribution is -2.84. The predicted molar refractivity (Wildman–Crippen MR) is 55.7 cm³/mol. The molecule has 0 aliphatic carbocycles. The molecule has 1 heterocycles. The summed E-state index contributed by atoms with van der Waals surface area (Å²) in [6.45, 7) is 2.31. The Balaban J connectivity index is 2.24. The number of quaternary nitrogens is 1. The highest BCUT2D eigenvalue weighted by atomic mass is 35.5. The van der Waals surface area contributed by atoms with Crippen molar-refractivity contribution < 1.29 is 5.32 Å². The van der Waals surface area contributed by atoms with Crippen molar-refractivity contribution in [3.63, 3.8) is 0 Å². The van der Waals surface area contributed by atoms with Gasteiger partial charge in [-0.25, -0.2) is 0 Å². The van der Waals surface area contributed by atoms with Crippen molar-refractivity contribution in [1.29, 1.82) is 0 Å². The molecule has 0 amide bonds. The van der Waals surface area contributed by atoms with Crippen LogP contribution in [0.5, 0.6) is 0 Å². The quantitative estimate of drug-likeness (QED) is 0.701. The van der Waals surface area contributed by atoms with E-state index >= 15 is 0 Å². The maximum absolute atomic E-state index is 5.82. The van der Waals surface area contributed by atoms with E-state index < -0.39 is 0 Å². The van der Waals surface area contributed by atoms with Crippen LogP contribution in [0.2, 0.25) is 5.02 Å². The first-order chi connectivity index (χ1) is 6.36. The van der Waals surface area contributed by atoms with E-state index in [9.17, 15) is 0 Å². The highest BCUT2D eigenvalue weighted by molar-refractivity contribution is 6.30. The van der Waals surface area contributed by atoms with E-state index in [4.69, 9.17) is 11.6 Å².